The predicted molar refractivity (Wildman–Crippen MR) is 124 cm³/mol. The number of benzene rings is 2. The van der Waals surface area contributed by atoms with Gasteiger partial charge < -0.3 is 9.64 Å². The van der Waals surface area contributed by atoms with E-state index in [-0.39, 0.29) is 16.6 Å². The number of thioether (sulfide) groups is 1. The first kappa shape index (κ1) is 22.2. The summed E-state index contributed by atoms with van der Waals surface area (Å²) in [7, 11) is -2.29. The minimum atomic E-state index is -3.75. The molecule has 6 nitrogen and oxygen atoms in total. The SMILES string of the molecule is COc1ccc(C(=O)N2CCCSc3ccccc32)cc1S(=O)(=O)N1CCCCCC1. The molecule has 166 valence electrons. The van der Waals surface area contributed by atoms with Crippen LogP contribution in [-0.4, -0.2) is 51.1 Å². The first-order valence-corrected chi connectivity index (χ1v) is 13.2. The maximum absolute atomic E-state index is 13.5. The predicted octanol–water partition coefficient (Wildman–Crippen LogP) is 4.40. The number of hydrogen-bond acceptors (Lipinski definition) is 5. The number of amides is 1. The second-order valence-electron chi connectivity index (χ2n) is 7.81. The molecule has 0 aromatic heterocycles. The molecule has 2 aromatic carbocycles. The molecule has 8 heteroatoms. The fourth-order valence-corrected chi connectivity index (χ4v) is 6.82. The van der Waals surface area contributed by atoms with E-state index in [0.29, 0.717) is 25.2 Å². The van der Waals surface area contributed by atoms with Gasteiger partial charge in [-0.1, -0.05) is 25.0 Å². The highest BCUT2D eigenvalue weighted by Crippen LogP contribution is 2.35. The van der Waals surface area contributed by atoms with E-state index in [0.717, 1.165) is 48.4 Å². The van der Waals surface area contributed by atoms with Crippen molar-refractivity contribution in [1.82, 2.24) is 4.31 Å². The number of methoxy groups -OCH3 is 1. The molecule has 0 N–H and O–H groups in total. The Hall–Kier alpha value is -2.03. The second-order valence-corrected chi connectivity index (χ2v) is 10.9. The largest absolute Gasteiger partial charge is 0.495 e. The Morgan fingerprint density at radius 1 is 0.968 bits per heavy atom. The van der Waals surface area contributed by atoms with Crippen molar-refractivity contribution in [1.29, 1.82) is 0 Å². The van der Waals surface area contributed by atoms with Crippen molar-refractivity contribution in [3.63, 3.8) is 0 Å². The van der Waals surface area contributed by atoms with E-state index >= 15 is 0 Å². The summed E-state index contributed by atoms with van der Waals surface area (Å²) < 4.78 is 33.8. The van der Waals surface area contributed by atoms with Crippen molar-refractivity contribution in [2.75, 3.05) is 37.4 Å². The van der Waals surface area contributed by atoms with Crippen molar-refractivity contribution in [3.8, 4) is 5.75 Å². The molecule has 4 rings (SSSR count). The fraction of sp³-hybridized carbons (Fsp3) is 0.435. The fourth-order valence-electron chi connectivity index (χ4n) is 4.13. The third kappa shape index (κ3) is 4.61. The third-order valence-corrected chi connectivity index (χ3v) is 8.85. The first-order valence-electron chi connectivity index (χ1n) is 10.7. The molecule has 0 radical (unpaired) electrons. The summed E-state index contributed by atoms with van der Waals surface area (Å²) in [6.45, 7) is 1.60. The molecular weight excluding hydrogens is 432 g/mol. The molecule has 31 heavy (non-hydrogen) atoms. The molecule has 1 amide bonds. The van der Waals surface area contributed by atoms with Gasteiger partial charge in [0.2, 0.25) is 10.0 Å². The quantitative estimate of drug-likeness (QED) is 0.676. The standard InChI is InChI=1S/C23H28N2O4S2/c1-29-20-12-11-18(17-22(20)31(27,28)24-13-6-2-3-7-14-24)23(26)25-15-8-16-30-21-10-5-4-9-19(21)25/h4-5,9-12,17H,2-3,6-8,13-16H2,1H3. The second kappa shape index (κ2) is 9.63. The summed E-state index contributed by atoms with van der Waals surface area (Å²) in [5.41, 5.74) is 1.23. The summed E-state index contributed by atoms with van der Waals surface area (Å²) in [6.07, 6.45) is 4.65. The van der Waals surface area contributed by atoms with Gasteiger partial charge in [0, 0.05) is 30.1 Å². The van der Waals surface area contributed by atoms with Gasteiger partial charge in [0.15, 0.2) is 0 Å². The number of nitrogens with zero attached hydrogens (tertiary/aromatic N) is 2. The normalized spacial score (nSPS) is 18.0. The van der Waals surface area contributed by atoms with Gasteiger partial charge in [0.1, 0.15) is 10.6 Å². The average Bonchev–Trinajstić information content (AvgIpc) is 3.20. The van der Waals surface area contributed by atoms with Crippen molar-refractivity contribution in [2.24, 2.45) is 0 Å². The van der Waals surface area contributed by atoms with Gasteiger partial charge in [-0.2, -0.15) is 4.31 Å². The zero-order valence-electron chi connectivity index (χ0n) is 17.7. The van der Waals surface area contributed by atoms with Crippen LogP contribution in [0, 0.1) is 0 Å². The van der Waals surface area contributed by atoms with E-state index in [1.54, 1.807) is 28.8 Å². The number of anilines is 1. The van der Waals surface area contributed by atoms with Gasteiger partial charge in [0.05, 0.1) is 12.8 Å². The van der Waals surface area contributed by atoms with Crippen LogP contribution in [-0.2, 0) is 10.0 Å². The van der Waals surface area contributed by atoms with Crippen molar-refractivity contribution >= 4 is 33.4 Å². The molecule has 0 spiro atoms. The number of carbonyl (C=O) groups is 1. The van der Waals surface area contributed by atoms with Crippen LogP contribution in [0.3, 0.4) is 0 Å². The van der Waals surface area contributed by atoms with Crippen molar-refractivity contribution in [3.05, 3.63) is 48.0 Å². The molecule has 2 aliphatic rings. The smallest absolute Gasteiger partial charge is 0.258 e. The summed E-state index contributed by atoms with van der Waals surface area (Å²) in [5.74, 6) is 1.02. The maximum Gasteiger partial charge on any atom is 0.258 e. The van der Waals surface area contributed by atoms with Crippen LogP contribution in [0.2, 0.25) is 0 Å². The Bertz CT molecular complexity index is 1050. The molecule has 1 fully saturated rings. The number of fused-ring (bicyclic) bond motifs is 1. The molecular formula is C23H28N2O4S2. The number of hydrogen-bond donors (Lipinski definition) is 0. The van der Waals surface area contributed by atoms with Gasteiger partial charge in [-0.15, -0.1) is 11.8 Å². The van der Waals surface area contributed by atoms with Crippen LogP contribution >= 0.6 is 11.8 Å². The average molecular weight is 461 g/mol. The number of para-hydroxylation sites is 1. The highest BCUT2D eigenvalue weighted by atomic mass is 32.2. The summed E-state index contributed by atoms with van der Waals surface area (Å²) >= 11 is 1.74. The van der Waals surface area contributed by atoms with Gasteiger partial charge in [-0.25, -0.2) is 8.42 Å². The van der Waals surface area contributed by atoms with E-state index in [2.05, 4.69) is 0 Å². The zero-order chi connectivity index (χ0) is 21.8. The number of carbonyl (C=O) groups excluding carboxylic acids is 1. The Morgan fingerprint density at radius 2 is 1.71 bits per heavy atom. The van der Waals surface area contributed by atoms with Crippen LogP contribution in [0.25, 0.3) is 0 Å². The molecule has 1 saturated heterocycles. The zero-order valence-corrected chi connectivity index (χ0v) is 19.4. The van der Waals surface area contributed by atoms with Crippen LogP contribution < -0.4 is 9.64 Å². The highest BCUT2D eigenvalue weighted by Gasteiger charge is 2.30. The number of ether oxygens (including phenoxy) is 1. The van der Waals surface area contributed by atoms with Crippen LogP contribution in [0.4, 0.5) is 5.69 Å². The molecule has 0 atom stereocenters. The summed E-state index contributed by atoms with van der Waals surface area (Å²) in [4.78, 5) is 16.4. The minimum absolute atomic E-state index is 0.0697. The van der Waals surface area contributed by atoms with Gasteiger partial charge in [-0.3, -0.25) is 4.79 Å². The van der Waals surface area contributed by atoms with E-state index in [9.17, 15) is 13.2 Å². The first-order chi connectivity index (χ1) is 15.0. The lowest BCUT2D eigenvalue weighted by Crippen LogP contribution is -2.33. The van der Waals surface area contributed by atoms with E-state index in [1.165, 1.54) is 17.5 Å². The van der Waals surface area contributed by atoms with Crippen LogP contribution in [0.15, 0.2) is 52.3 Å². The molecule has 2 aliphatic heterocycles. The van der Waals surface area contributed by atoms with Crippen molar-refractivity contribution < 1.29 is 17.9 Å². The summed E-state index contributed by atoms with van der Waals surface area (Å²) in [5, 5.41) is 0. The molecule has 2 heterocycles. The lowest BCUT2D eigenvalue weighted by Gasteiger charge is -2.24. The number of sulfonamides is 1. The topological polar surface area (TPSA) is 66.9 Å². The molecule has 0 aliphatic carbocycles. The van der Waals surface area contributed by atoms with Gasteiger partial charge in [-0.05, 0) is 55.3 Å². The Kier molecular flexibility index (Phi) is 6.89. The van der Waals surface area contributed by atoms with Crippen molar-refractivity contribution in [2.45, 2.75) is 41.9 Å². The Labute approximate surface area is 188 Å². The molecule has 0 unspecified atom stereocenters. The Morgan fingerprint density at radius 3 is 2.45 bits per heavy atom. The monoisotopic (exact) mass is 460 g/mol. The highest BCUT2D eigenvalue weighted by molar-refractivity contribution is 7.99. The van der Waals surface area contributed by atoms with Gasteiger partial charge in [0.25, 0.3) is 5.91 Å². The van der Waals surface area contributed by atoms with E-state index in [4.69, 9.17) is 4.74 Å². The van der Waals surface area contributed by atoms with Crippen LogP contribution in [0.5, 0.6) is 5.75 Å². The van der Waals surface area contributed by atoms with E-state index < -0.39 is 10.0 Å². The maximum atomic E-state index is 13.5. The third-order valence-electron chi connectivity index (χ3n) is 5.78. The van der Waals surface area contributed by atoms with Crippen LogP contribution in [0.1, 0.15) is 42.5 Å². The molecule has 2 aromatic rings. The lowest BCUT2D eigenvalue weighted by atomic mass is 10.1. The molecule has 0 bridgehead atoms. The minimum Gasteiger partial charge on any atom is -0.495 e. The molecule has 0 saturated carbocycles. The van der Waals surface area contributed by atoms with E-state index in [1.807, 2.05) is 24.3 Å². The summed E-state index contributed by atoms with van der Waals surface area (Å²) in [6, 6.07) is 12.6. The lowest BCUT2D eigenvalue weighted by molar-refractivity contribution is 0.0986. The Balaban J connectivity index is 1.71. The number of rotatable bonds is 4. The van der Waals surface area contributed by atoms with Gasteiger partial charge >= 0.3 is 0 Å².